The van der Waals surface area contributed by atoms with Crippen molar-refractivity contribution in [3.05, 3.63) is 53.6 Å². The quantitative estimate of drug-likeness (QED) is 0.703. The van der Waals surface area contributed by atoms with Crippen LogP contribution in [-0.4, -0.2) is 19.1 Å². The van der Waals surface area contributed by atoms with E-state index in [2.05, 4.69) is 11.4 Å². The highest BCUT2D eigenvalue weighted by atomic mass is 16.5. The van der Waals surface area contributed by atoms with Crippen LogP contribution < -0.4 is 14.8 Å². The van der Waals surface area contributed by atoms with E-state index in [1.165, 1.54) is 0 Å². The Balaban J connectivity index is 1.86. The van der Waals surface area contributed by atoms with Crippen LogP contribution in [0.5, 0.6) is 11.5 Å². The van der Waals surface area contributed by atoms with E-state index in [-0.39, 0.29) is 12.0 Å². The van der Waals surface area contributed by atoms with Gasteiger partial charge in [-0.1, -0.05) is 31.9 Å². The van der Waals surface area contributed by atoms with Crippen LogP contribution in [0.4, 0.5) is 5.69 Å². The molecule has 152 valence electrons. The summed E-state index contributed by atoms with van der Waals surface area (Å²) >= 11 is 0. The van der Waals surface area contributed by atoms with E-state index < -0.39 is 5.41 Å². The maximum atomic E-state index is 13.4. The average molecular weight is 392 g/mol. The van der Waals surface area contributed by atoms with Gasteiger partial charge >= 0.3 is 0 Å². The number of ether oxygens (including phenoxy) is 2. The fraction of sp³-hybridized carbons (Fsp3) is 0.417. The number of benzene rings is 2. The topological polar surface area (TPSA) is 71.3 Å². The molecule has 0 spiro atoms. The van der Waals surface area contributed by atoms with Gasteiger partial charge in [0.25, 0.3) is 0 Å². The highest BCUT2D eigenvalue weighted by Gasteiger charge is 2.42. The van der Waals surface area contributed by atoms with Gasteiger partial charge < -0.3 is 14.8 Å². The Morgan fingerprint density at radius 3 is 2.41 bits per heavy atom. The predicted octanol–water partition coefficient (Wildman–Crippen LogP) is 5.19. The lowest BCUT2D eigenvalue weighted by Crippen LogP contribution is -2.38. The summed E-state index contributed by atoms with van der Waals surface area (Å²) in [6, 6.07) is 15.2. The second-order valence-electron chi connectivity index (χ2n) is 7.63. The third-order valence-corrected chi connectivity index (χ3v) is 5.81. The summed E-state index contributed by atoms with van der Waals surface area (Å²) in [5, 5.41) is 12.6. The largest absolute Gasteiger partial charge is 0.497 e. The molecule has 29 heavy (non-hydrogen) atoms. The molecule has 0 aromatic heterocycles. The number of anilines is 1. The van der Waals surface area contributed by atoms with Crippen molar-refractivity contribution in [3.8, 4) is 17.6 Å². The average Bonchev–Trinajstić information content (AvgIpc) is 3.26. The van der Waals surface area contributed by atoms with E-state index in [4.69, 9.17) is 9.47 Å². The van der Waals surface area contributed by atoms with E-state index >= 15 is 0 Å². The third-order valence-electron chi connectivity index (χ3n) is 5.81. The summed E-state index contributed by atoms with van der Waals surface area (Å²) in [4.78, 5) is 13.4. The van der Waals surface area contributed by atoms with E-state index in [0.717, 1.165) is 43.4 Å². The first kappa shape index (κ1) is 20.7. The zero-order chi connectivity index (χ0) is 20.9. The number of methoxy groups -OCH3 is 1. The van der Waals surface area contributed by atoms with Crippen molar-refractivity contribution in [2.24, 2.45) is 0 Å². The molecular formula is C24H28N2O3. The van der Waals surface area contributed by atoms with Crippen LogP contribution >= 0.6 is 0 Å². The van der Waals surface area contributed by atoms with Gasteiger partial charge in [0.05, 0.1) is 29.9 Å². The minimum atomic E-state index is -0.578. The summed E-state index contributed by atoms with van der Waals surface area (Å²) in [6.45, 7) is 4.03. The number of nitrogens with zero attached hydrogens (tertiary/aromatic N) is 1. The van der Waals surface area contributed by atoms with Crippen LogP contribution in [0.15, 0.2) is 42.5 Å². The number of nitriles is 1. The van der Waals surface area contributed by atoms with Crippen molar-refractivity contribution in [3.63, 3.8) is 0 Å². The number of carbonyl (C=O) groups excluding carboxylic acids is 1. The lowest BCUT2D eigenvalue weighted by atomic mass is 9.78. The van der Waals surface area contributed by atoms with Gasteiger partial charge in [-0.3, -0.25) is 4.79 Å². The third kappa shape index (κ3) is 4.37. The number of carbonyl (C=O) groups is 1. The Bertz CT molecular complexity index is 893. The van der Waals surface area contributed by atoms with Gasteiger partial charge in [0.1, 0.15) is 17.6 Å². The Labute approximate surface area is 172 Å². The Kier molecular flexibility index (Phi) is 6.43. The minimum Gasteiger partial charge on any atom is -0.497 e. The summed E-state index contributed by atoms with van der Waals surface area (Å²) in [6.07, 6.45) is 4.55. The van der Waals surface area contributed by atoms with Gasteiger partial charge in [-0.2, -0.15) is 5.26 Å². The van der Waals surface area contributed by atoms with E-state index in [0.29, 0.717) is 17.0 Å². The molecule has 0 unspecified atom stereocenters. The Morgan fingerprint density at radius 1 is 1.17 bits per heavy atom. The van der Waals surface area contributed by atoms with Crippen LogP contribution in [0.2, 0.25) is 0 Å². The fourth-order valence-electron chi connectivity index (χ4n) is 3.89. The summed E-state index contributed by atoms with van der Waals surface area (Å²) in [5.74, 6) is 1.35. The van der Waals surface area contributed by atoms with E-state index in [1.54, 1.807) is 25.3 Å². The molecule has 0 radical (unpaired) electrons. The Hall–Kier alpha value is -3.00. The van der Waals surface area contributed by atoms with Crippen LogP contribution in [0.1, 0.15) is 57.1 Å². The molecule has 1 amide bonds. The zero-order valence-corrected chi connectivity index (χ0v) is 17.3. The van der Waals surface area contributed by atoms with Crippen molar-refractivity contribution >= 4 is 11.6 Å². The number of nitrogens with one attached hydrogen (secondary N) is 1. The first-order valence-electron chi connectivity index (χ1n) is 10.2. The van der Waals surface area contributed by atoms with Crippen molar-refractivity contribution < 1.29 is 14.3 Å². The molecule has 0 saturated heterocycles. The maximum absolute atomic E-state index is 13.4. The molecule has 1 aliphatic carbocycles. The van der Waals surface area contributed by atoms with Gasteiger partial charge in [-0.15, -0.1) is 0 Å². The molecule has 1 fully saturated rings. The van der Waals surface area contributed by atoms with Gasteiger partial charge in [-0.05, 0) is 56.0 Å². The van der Waals surface area contributed by atoms with Gasteiger partial charge in [0, 0.05) is 6.07 Å². The normalized spacial score (nSPS) is 15.9. The first-order chi connectivity index (χ1) is 14.0. The molecule has 1 atom stereocenters. The first-order valence-corrected chi connectivity index (χ1v) is 10.2. The zero-order valence-electron chi connectivity index (χ0n) is 17.3. The fourth-order valence-corrected chi connectivity index (χ4v) is 3.89. The van der Waals surface area contributed by atoms with Crippen LogP contribution in [0, 0.1) is 11.3 Å². The standard InChI is InChI=1S/C24H28N2O3/c1-4-17(2)29-21-11-12-22(18(15-21)16-25)26-23(27)24(13-5-6-14-24)19-7-9-20(28-3)10-8-19/h7-12,15,17H,4-6,13-14H2,1-3H3,(H,26,27)/t17-/m1/s1. The molecule has 1 aliphatic rings. The molecule has 0 heterocycles. The van der Waals surface area contributed by atoms with E-state index in [9.17, 15) is 10.1 Å². The lowest BCUT2D eigenvalue weighted by Gasteiger charge is -2.28. The highest BCUT2D eigenvalue weighted by molar-refractivity contribution is 6.00. The smallest absolute Gasteiger partial charge is 0.235 e. The molecule has 0 aliphatic heterocycles. The van der Waals surface area contributed by atoms with Crippen molar-refractivity contribution in [1.82, 2.24) is 0 Å². The predicted molar refractivity (Wildman–Crippen MR) is 113 cm³/mol. The van der Waals surface area contributed by atoms with E-state index in [1.807, 2.05) is 38.1 Å². The van der Waals surface area contributed by atoms with Crippen LogP contribution in [0.25, 0.3) is 0 Å². The van der Waals surface area contributed by atoms with Crippen molar-refractivity contribution in [2.75, 3.05) is 12.4 Å². The van der Waals surface area contributed by atoms with Gasteiger partial charge in [0.2, 0.25) is 5.91 Å². The molecule has 3 rings (SSSR count). The molecular weight excluding hydrogens is 364 g/mol. The molecule has 5 nitrogen and oxygen atoms in total. The number of hydrogen-bond donors (Lipinski definition) is 1. The van der Waals surface area contributed by atoms with Crippen molar-refractivity contribution in [1.29, 1.82) is 5.26 Å². The second-order valence-corrected chi connectivity index (χ2v) is 7.63. The number of amides is 1. The van der Waals surface area contributed by atoms with Gasteiger partial charge in [0.15, 0.2) is 0 Å². The molecule has 2 aromatic rings. The van der Waals surface area contributed by atoms with Gasteiger partial charge in [-0.25, -0.2) is 0 Å². The second kappa shape index (κ2) is 9.00. The molecule has 2 aromatic carbocycles. The lowest BCUT2D eigenvalue weighted by molar-refractivity contribution is -0.121. The van der Waals surface area contributed by atoms with Crippen LogP contribution in [-0.2, 0) is 10.2 Å². The monoisotopic (exact) mass is 392 g/mol. The molecule has 5 heteroatoms. The SMILES string of the molecule is CC[C@@H](C)Oc1ccc(NC(=O)C2(c3ccc(OC)cc3)CCCC2)c(C#N)c1. The summed E-state index contributed by atoms with van der Waals surface area (Å²) in [7, 11) is 1.63. The van der Waals surface area contributed by atoms with Crippen molar-refractivity contribution in [2.45, 2.75) is 57.5 Å². The molecule has 0 bridgehead atoms. The molecule has 1 N–H and O–H groups in total. The Morgan fingerprint density at radius 2 is 1.83 bits per heavy atom. The number of rotatable bonds is 7. The summed E-state index contributed by atoms with van der Waals surface area (Å²) < 4.78 is 11.1. The highest BCUT2D eigenvalue weighted by Crippen LogP contribution is 2.42. The van der Waals surface area contributed by atoms with Crippen LogP contribution in [0.3, 0.4) is 0 Å². The number of hydrogen-bond acceptors (Lipinski definition) is 4. The minimum absolute atomic E-state index is 0.0627. The molecule has 1 saturated carbocycles. The maximum Gasteiger partial charge on any atom is 0.235 e. The summed E-state index contributed by atoms with van der Waals surface area (Å²) in [5.41, 5.74) is 1.34.